The molecule has 3 amide bonds. The molecule has 0 aliphatic carbocycles. The number of β-lactam (4-membered cyclic amide) rings is 1. The number of carboxylic acid groups (broad SMARTS) is 1. The lowest BCUT2D eigenvalue weighted by molar-refractivity contribution is -0.150. The monoisotopic (exact) mass is 576 g/mol. The van der Waals surface area contributed by atoms with E-state index in [0.717, 1.165) is 16.9 Å². The van der Waals surface area contributed by atoms with E-state index in [4.69, 9.17) is 10.6 Å². The molecule has 2 aliphatic heterocycles. The highest BCUT2D eigenvalue weighted by Gasteiger charge is 2.54. The second kappa shape index (κ2) is 11.9. The molecule has 0 spiro atoms. The number of nitrogens with one attached hydrogen (secondary N) is 2. The quantitative estimate of drug-likeness (QED) is 0.183. The fourth-order valence-electron chi connectivity index (χ4n) is 4.05. The van der Waals surface area contributed by atoms with Crippen molar-refractivity contribution in [2.75, 3.05) is 35.9 Å². The molecule has 1 aromatic carbocycles. The topological polar surface area (TPSA) is 176 Å². The molecule has 200 valence electrons. The van der Waals surface area contributed by atoms with Crippen LogP contribution in [-0.4, -0.2) is 80.7 Å². The van der Waals surface area contributed by atoms with Crippen LogP contribution in [0.5, 0.6) is 0 Å². The Hall–Kier alpha value is -3.56. The molecule has 12 nitrogen and oxygen atoms in total. The summed E-state index contributed by atoms with van der Waals surface area (Å²) in [7, 11) is 1.27. The van der Waals surface area contributed by atoms with Crippen molar-refractivity contribution in [3.05, 3.63) is 52.2 Å². The first-order chi connectivity index (χ1) is 18.2. The fraction of sp³-hybridized carbons (Fsp3) is 0.304. The minimum atomic E-state index is -1.23. The normalized spacial score (nSPS) is 18.9. The van der Waals surface area contributed by atoms with Crippen LogP contribution in [0.3, 0.4) is 0 Å². The summed E-state index contributed by atoms with van der Waals surface area (Å²) in [5.74, 6) is -1.93. The molecule has 0 unspecified atom stereocenters. The van der Waals surface area contributed by atoms with E-state index >= 15 is 0 Å². The van der Waals surface area contributed by atoms with E-state index in [1.807, 2.05) is 12.3 Å². The average molecular weight is 577 g/mol. The smallest absolute Gasteiger partial charge is 0.352 e. The zero-order valence-corrected chi connectivity index (χ0v) is 22.7. The van der Waals surface area contributed by atoms with Gasteiger partial charge in [-0.25, -0.2) is 9.78 Å². The molecule has 15 heteroatoms. The maximum atomic E-state index is 13.0. The van der Waals surface area contributed by atoms with Crippen molar-refractivity contribution in [2.45, 2.75) is 17.8 Å². The number of benzene rings is 1. The number of carbonyl (C=O) groups excluding carboxylic acids is 3. The molecule has 0 radical (unpaired) electrons. The Balaban J connectivity index is 1.50. The lowest BCUT2D eigenvalue weighted by Crippen LogP contribution is -2.71. The standard InChI is InChI=1S/C23H24N6O6S3/c1-35-28-16(14-9-38-23(24)26-14)19(31)27-17-20(32)29-18(22(33)34)12(8-37-21(17)29)6-11-4-3-5-13(7-11)25-15(30)10-36-2/h3-5,7,9,17,21H,6,8,10H2,1-2H3,(H2,24,26)(H,25,30)(H,27,31)(H,33,34)/b28-16-/t17-,21-/m1/s1. The molecular formula is C23H24N6O6S3. The second-order valence-corrected chi connectivity index (χ2v) is 11.0. The lowest BCUT2D eigenvalue weighted by Gasteiger charge is -2.49. The van der Waals surface area contributed by atoms with Gasteiger partial charge in [-0.05, 0) is 35.9 Å². The van der Waals surface area contributed by atoms with Gasteiger partial charge in [0.15, 0.2) is 10.8 Å². The van der Waals surface area contributed by atoms with Gasteiger partial charge in [0, 0.05) is 16.8 Å². The van der Waals surface area contributed by atoms with Crippen LogP contribution in [-0.2, 0) is 30.4 Å². The zero-order chi connectivity index (χ0) is 27.4. The summed E-state index contributed by atoms with van der Waals surface area (Å²) in [5.41, 5.74) is 7.57. The van der Waals surface area contributed by atoms with Gasteiger partial charge >= 0.3 is 5.97 Å². The summed E-state index contributed by atoms with van der Waals surface area (Å²) in [4.78, 5) is 60.1. The van der Waals surface area contributed by atoms with E-state index in [1.54, 1.807) is 18.2 Å². The highest BCUT2D eigenvalue weighted by Crippen LogP contribution is 2.41. The fourth-order valence-corrected chi connectivity index (χ4v) is 6.28. The number of thiazole rings is 1. The van der Waals surface area contributed by atoms with Gasteiger partial charge in [-0.15, -0.1) is 23.1 Å². The second-order valence-electron chi connectivity index (χ2n) is 8.17. The molecular weight excluding hydrogens is 552 g/mol. The number of nitrogen functional groups attached to an aromatic ring is 1. The van der Waals surface area contributed by atoms with Crippen molar-refractivity contribution < 1.29 is 29.1 Å². The highest BCUT2D eigenvalue weighted by molar-refractivity contribution is 8.00. The molecule has 0 saturated carbocycles. The van der Waals surface area contributed by atoms with Crippen LogP contribution >= 0.6 is 34.9 Å². The summed E-state index contributed by atoms with van der Waals surface area (Å²) >= 11 is 3.88. The molecule has 4 rings (SSSR count). The molecule has 2 aliphatic rings. The number of aromatic nitrogens is 1. The largest absolute Gasteiger partial charge is 0.477 e. The van der Waals surface area contributed by atoms with Crippen molar-refractivity contribution in [3.63, 3.8) is 0 Å². The molecule has 2 atom stereocenters. The van der Waals surface area contributed by atoms with Gasteiger partial charge in [-0.3, -0.25) is 19.3 Å². The van der Waals surface area contributed by atoms with Crippen LogP contribution in [0.15, 0.2) is 46.1 Å². The summed E-state index contributed by atoms with van der Waals surface area (Å²) in [6.45, 7) is 0. The highest BCUT2D eigenvalue weighted by atomic mass is 32.2. The van der Waals surface area contributed by atoms with Crippen molar-refractivity contribution in [1.82, 2.24) is 15.2 Å². The zero-order valence-electron chi connectivity index (χ0n) is 20.3. The van der Waals surface area contributed by atoms with E-state index in [9.17, 15) is 24.3 Å². The molecule has 1 saturated heterocycles. The van der Waals surface area contributed by atoms with Gasteiger partial charge in [0.25, 0.3) is 11.8 Å². The molecule has 5 N–H and O–H groups in total. The van der Waals surface area contributed by atoms with Gasteiger partial charge in [0.1, 0.15) is 29.9 Å². The Labute approximate surface area is 230 Å². The number of aliphatic carboxylic acids is 1. The molecule has 0 bridgehead atoms. The van der Waals surface area contributed by atoms with Crippen LogP contribution in [0.1, 0.15) is 11.3 Å². The van der Waals surface area contributed by atoms with Gasteiger partial charge in [-0.1, -0.05) is 17.3 Å². The summed E-state index contributed by atoms with van der Waals surface area (Å²) < 4.78 is 0. The third-order valence-corrected chi connectivity index (χ3v) is 8.17. The van der Waals surface area contributed by atoms with Crippen LogP contribution < -0.4 is 16.4 Å². The first-order valence-electron chi connectivity index (χ1n) is 11.1. The molecule has 1 fully saturated rings. The minimum absolute atomic E-state index is 0.0980. The third kappa shape index (κ3) is 5.79. The number of nitrogens with zero attached hydrogens (tertiary/aromatic N) is 3. The average Bonchev–Trinajstić information content (AvgIpc) is 3.31. The van der Waals surface area contributed by atoms with Crippen LogP contribution in [0.4, 0.5) is 10.8 Å². The predicted molar refractivity (Wildman–Crippen MR) is 147 cm³/mol. The number of anilines is 2. The third-order valence-electron chi connectivity index (χ3n) is 5.60. The number of carbonyl (C=O) groups is 4. The summed E-state index contributed by atoms with van der Waals surface area (Å²) in [5, 5.41) is 20.3. The molecule has 1 aromatic heterocycles. The minimum Gasteiger partial charge on any atom is -0.477 e. The Morgan fingerprint density at radius 2 is 2.16 bits per heavy atom. The van der Waals surface area contributed by atoms with Crippen LogP contribution in [0.2, 0.25) is 0 Å². The number of hydrogen-bond acceptors (Lipinski definition) is 11. The van der Waals surface area contributed by atoms with E-state index < -0.39 is 29.2 Å². The number of amides is 3. The van der Waals surface area contributed by atoms with E-state index in [0.29, 0.717) is 22.8 Å². The Kier molecular flexibility index (Phi) is 8.58. The maximum absolute atomic E-state index is 13.0. The number of nitrogens with two attached hydrogens (primary N) is 1. The maximum Gasteiger partial charge on any atom is 0.352 e. The first kappa shape index (κ1) is 27.5. The van der Waals surface area contributed by atoms with Crippen LogP contribution in [0.25, 0.3) is 0 Å². The van der Waals surface area contributed by atoms with E-state index in [1.165, 1.54) is 40.9 Å². The van der Waals surface area contributed by atoms with Crippen molar-refractivity contribution >= 4 is 75.1 Å². The first-order valence-corrected chi connectivity index (χ1v) is 14.5. The van der Waals surface area contributed by atoms with Crippen LogP contribution in [0, 0.1) is 0 Å². The van der Waals surface area contributed by atoms with Crippen molar-refractivity contribution in [1.29, 1.82) is 0 Å². The Bertz CT molecular complexity index is 1340. The molecule has 38 heavy (non-hydrogen) atoms. The summed E-state index contributed by atoms with van der Waals surface area (Å²) in [6.07, 6.45) is 2.12. The number of fused-ring (bicyclic) bond motifs is 1. The number of oxime groups is 1. The Morgan fingerprint density at radius 3 is 2.82 bits per heavy atom. The van der Waals surface area contributed by atoms with E-state index in [-0.39, 0.29) is 34.6 Å². The SMILES string of the molecule is CO/N=C(\C(=O)N[C@@H]1C(=O)N2C(C(=O)O)=C(Cc3cccc(NC(=O)CSC)c3)CS[C@H]12)c1csc(N)n1. The van der Waals surface area contributed by atoms with Gasteiger partial charge < -0.3 is 26.3 Å². The molecule has 2 aromatic rings. The number of carboxylic acids is 1. The number of thioether (sulfide) groups is 2. The Morgan fingerprint density at radius 1 is 1.37 bits per heavy atom. The lowest BCUT2D eigenvalue weighted by atomic mass is 9.98. The van der Waals surface area contributed by atoms with Gasteiger partial charge in [-0.2, -0.15) is 11.8 Å². The van der Waals surface area contributed by atoms with E-state index in [2.05, 4.69) is 20.8 Å². The predicted octanol–water partition coefficient (Wildman–Crippen LogP) is 1.36. The van der Waals surface area contributed by atoms with Crippen molar-refractivity contribution in [2.24, 2.45) is 5.16 Å². The number of hydrogen-bond donors (Lipinski definition) is 4. The van der Waals surface area contributed by atoms with Gasteiger partial charge in [0.2, 0.25) is 5.91 Å². The van der Waals surface area contributed by atoms with Gasteiger partial charge in [0.05, 0.1) is 5.75 Å². The molecule has 3 heterocycles. The number of rotatable bonds is 10. The van der Waals surface area contributed by atoms with Crippen molar-refractivity contribution in [3.8, 4) is 0 Å². The summed E-state index contributed by atoms with van der Waals surface area (Å²) in [6, 6.07) is 6.20.